The van der Waals surface area contributed by atoms with Crippen LogP contribution in [-0.4, -0.2) is 17.6 Å². The van der Waals surface area contributed by atoms with Crippen molar-refractivity contribution in [3.05, 3.63) is 35.4 Å². The van der Waals surface area contributed by atoms with Gasteiger partial charge in [-0.15, -0.1) is 0 Å². The Hall–Kier alpha value is -2.17. The average Bonchev–Trinajstić information content (AvgIpc) is 2.78. The van der Waals surface area contributed by atoms with E-state index in [1.807, 2.05) is 26.8 Å². The Morgan fingerprint density at radius 2 is 2.11 bits per heavy atom. The molecule has 1 aliphatic rings. The van der Waals surface area contributed by atoms with Crippen molar-refractivity contribution in [3.8, 4) is 0 Å². The molecule has 18 heavy (non-hydrogen) atoms. The molecule has 1 radical (unpaired) electrons. The van der Waals surface area contributed by atoms with E-state index in [0.29, 0.717) is 22.9 Å². The molecule has 1 aliphatic heterocycles. The van der Waals surface area contributed by atoms with Crippen molar-refractivity contribution >= 4 is 17.6 Å². The minimum Gasteiger partial charge on any atom is -0.366 e. The Kier molecular flexibility index (Phi) is 2.90. The molecule has 1 aromatic carbocycles. The summed E-state index contributed by atoms with van der Waals surface area (Å²) in [4.78, 5) is 20.6. The first-order valence-corrected chi connectivity index (χ1v) is 5.62. The third-order valence-electron chi connectivity index (χ3n) is 2.47. The summed E-state index contributed by atoms with van der Waals surface area (Å²) >= 11 is 0. The van der Waals surface area contributed by atoms with Crippen molar-refractivity contribution in [1.82, 2.24) is 5.16 Å². The number of rotatable bonds is 2. The van der Waals surface area contributed by atoms with Crippen LogP contribution in [-0.2, 0) is 4.84 Å². The van der Waals surface area contributed by atoms with Crippen molar-refractivity contribution in [3.63, 3.8) is 0 Å². The molecule has 0 unspecified atom stereocenters. The molecule has 1 heterocycles. The number of primary amides is 1. The normalized spacial score (nSPS) is 14.8. The van der Waals surface area contributed by atoms with E-state index in [1.165, 1.54) is 0 Å². The third-order valence-corrected chi connectivity index (χ3v) is 2.47. The van der Waals surface area contributed by atoms with Crippen molar-refractivity contribution in [2.75, 3.05) is 0 Å². The Bertz CT molecular complexity index is 554. The van der Waals surface area contributed by atoms with Gasteiger partial charge in [-0.2, -0.15) is 0 Å². The second kappa shape index (κ2) is 4.25. The summed E-state index contributed by atoms with van der Waals surface area (Å²) in [7, 11) is 0. The van der Waals surface area contributed by atoms with Gasteiger partial charge in [0.25, 0.3) is 0 Å². The van der Waals surface area contributed by atoms with E-state index in [9.17, 15) is 4.79 Å². The lowest BCUT2D eigenvalue weighted by atomic mass is 9.97. The number of carbonyl (C=O) groups is 1. The zero-order valence-electron chi connectivity index (χ0n) is 10.6. The number of nitrogens with two attached hydrogens (primary N) is 1. The summed E-state index contributed by atoms with van der Waals surface area (Å²) in [6, 6.07) is 6.85. The number of amidine groups is 1. The molecule has 2 N–H and O–H groups in total. The SMILES string of the molecule is CC(C)(C)C1=NC(c2cccc(C(N)=O)c2)=[N+]O1. The second-order valence-corrected chi connectivity index (χ2v) is 5.12. The van der Waals surface area contributed by atoms with Crippen molar-refractivity contribution in [2.45, 2.75) is 20.8 Å². The van der Waals surface area contributed by atoms with Gasteiger partial charge in [-0.25, -0.2) is 4.84 Å². The number of hydrogen-bond acceptors (Lipinski definition) is 4. The molecule has 1 amide bonds. The monoisotopic (exact) mass is 245 g/mol. The van der Waals surface area contributed by atoms with E-state index in [4.69, 9.17) is 10.6 Å². The van der Waals surface area contributed by atoms with Crippen LogP contribution in [0, 0.1) is 5.41 Å². The van der Waals surface area contributed by atoms with Crippen LogP contribution in [0.1, 0.15) is 36.7 Å². The van der Waals surface area contributed by atoms with Gasteiger partial charge in [-0.3, -0.25) is 4.79 Å². The number of oxime groups is 1. The molecule has 2 rings (SSSR count). The number of aliphatic imine (C=N–C) groups is 1. The van der Waals surface area contributed by atoms with Gasteiger partial charge in [-0.1, -0.05) is 6.07 Å². The molecule has 5 heteroatoms. The first-order valence-electron chi connectivity index (χ1n) is 5.62. The molecular formula is C13H15N3O2+. The van der Waals surface area contributed by atoms with Gasteiger partial charge in [0.2, 0.25) is 5.91 Å². The summed E-state index contributed by atoms with van der Waals surface area (Å²) in [6.07, 6.45) is 0. The number of amides is 1. The van der Waals surface area contributed by atoms with Gasteiger partial charge < -0.3 is 5.73 Å². The highest BCUT2D eigenvalue weighted by molar-refractivity contribution is 6.08. The average molecular weight is 245 g/mol. The molecule has 0 saturated carbocycles. The molecule has 0 spiro atoms. The number of carbonyl (C=O) groups excluding carboxylic acids is 1. The van der Waals surface area contributed by atoms with E-state index in [2.05, 4.69) is 10.1 Å². The topological polar surface area (TPSA) is 78.8 Å². The van der Waals surface area contributed by atoms with Gasteiger partial charge >= 0.3 is 11.7 Å². The fourth-order valence-corrected chi connectivity index (χ4v) is 1.46. The maximum Gasteiger partial charge on any atom is 0.421 e. The van der Waals surface area contributed by atoms with Crippen LogP contribution in [0.15, 0.2) is 29.3 Å². The van der Waals surface area contributed by atoms with Crippen LogP contribution in [0.2, 0.25) is 0 Å². The molecule has 0 aromatic heterocycles. The standard InChI is InChI=1S/C13H15N3O2/c1-13(2,3)12-15-11(16-18-12)9-6-4-5-8(7-9)10(14)17/h4-7H,1-3H3,(H2,14,17)/q+1. The predicted molar refractivity (Wildman–Crippen MR) is 69.2 cm³/mol. The number of benzene rings is 1. The van der Waals surface area contributed by atoms with Crippen LogP contribution < -0.4 is 10.9 Å². The summed E-state index contributed by atoms with van der Waals surface area (Å²) in [5.41, 5.74) is 6.17. The lowest BCUT2D eigenvalue weighted by Gasteiger charge is -2.08. The zero-order chi connectivity index (χ0) is 13.3. The fourth-order valence-electron chi connectivity index (χ4n) is 1.46. The Balaban J connectivity index is 2.32. The molecule has 0 aliphatic carbocycles. The van der Waals surface area contributed by atoms with Crippen molar-refractivity contribution < 1.29 is 9.63 Å². The van der Waals surface area contributed by atoms with E-state index in [1.54, 1.807) is 18.2 Å². The number of nitrogens with zero attached hydrogens (tertiary/aromatic N) is 2. The minimum atomic E-state index is -0.476. The van der Waals surface area contributed by atoms with Gasteiger partial charge in [0.1, 0.15) is 0 Å². The molecule has 1 aromatic rings. The smallest absolute Gasteiger partial charge is 0.366 e. The highest BCUT2D eigenvalue weighted by Crippen LogP contribution is 2.20. The van der Waals surface area contributed by atoms with Crippen molar-refractivity contribution in [1.29, 1.82) is 0 Å². The molecule has 0 saturated heterocycles. The first kappa shape index (κ1) is 12.3. The van der Waals surface area contributed by atoms with Crippen LogP contribution in [0.5, 0.6) is 0 Å². The highest BCUT2D eigenvalue weighted by Gasteiger charge is 2.36. The van der Waals surface area contributed by atoms with Crippen LogP contribution in [0.4, 0.5) is 0 Å². The maximum absolute atomic E-state index is 11.1. The molecule has 0 bridgehead atoms. The van der Waals surface area contributed by atoms with Gasteiger partial charge in [0.05, 0.1) is 11.0 Å². The Morgan fingerprint density at radius 1 is 1.39 bits per heavy atom. The molecule has 5 nitrogen and oxygen atoms in total. The Morgan fingerprint density at radius 3 is 2.67 bits per heavy atom. The summed E-state index contributed by atoms with van der Waals surface area (Å²) in [6.45, 7) is 5.97. The third kappa shape index (κ3) is 2.40. The Labute approximate surface area is 105 Å². The summed E-state index contributed by atoms with van der Waals surface area (Å²) in [5, 5.41) is 3.92. The van der Waals surface area contributed by atoms with Gasteiger partial charge in [0, 0.05) is 10.6 Å². The molecule has 0 fully saturated rings. The first-order chi connectivity index (χ1) is 8.38. The zero-order valence-corrected chi connectivity index (χ0v) is 10.6. The lowest BCUT2D eigenvalue weighted by molar-refractivity contribution is 0.100. The van der Waals surface area contributed by atoms with Crippen LogP contribution in [0.3, 0.4) is 0 Å². The number of hydrogen-bond donors (Lipinski definition) is 1. The quantitative estimate of drug-likeness (QED) is 0.851. The molecular weight excluding hydrogens is 230 g/mol. The van der Waals surface area contributed by atoms with E-state index >= 15 is 0 Å². The predicted octanol–water partition coefficient (Wildman–Crippen LogP) is 1.26. The molecule has 93 valence electrons. The largest absolute Gasteiger partial charge is 0.421 e. The summed E-state index contributed by atoms with van der Waals surface area (Å²) < 4.78 is 0. The van der Waals surface area contributed by atoms with E-state index < -0.39 is 5.91 Å². The van der Waals surface area contributed by atoms with E-state index in [-0.39, 0.29) is 5.41 Å². The van der Waals surface area contributed by atoms with Crippen molar-refractivity contribution in [2.24, 2.45) is 16.1 Å². The molecule has 0 atom stereocenters. The van der Waals surface area contributed by atoms with Crippen LogP contribution >= 0.6 is 0 Å². The fraction of sp³-hybridized carbons (Fsp3) is 0.308. The van der Waals surface area contributed by atoms with Crippen LogP contribution in [0.25, 0.3) is 0 Å². The van der Waals surface area contributed by atoms with E-state index in [0.717, 1.165) is 0 Å². The lowest BCUT2D eigenvalue weighted by Crippen LogP contribution is -2.21. The maximum atomic E-state index is 11.1. The highest BCUT2D eigenvalue weighted by atomic mass is 16.6. The van der Waals surface area contributed by atoms with Gasteiger partial charge in [0.15, 0.2) is 5.16 Å². The van der Waals surface area contributed by atoms with Gasteiger partial charge in [-0.05, 0) is 39.0 Å². The summed E-state index contributed by atoms with van der Waals surface area (Å²) in [5.74, 6) is 0.543. The minimum absolute atomic E-state index is 0.202. The second-order valence-electron chi connectivity index (χ2n) is 5.12.